The van der Waals surface area contributed by atoms with Crippen LogP contribution in [-0.4, -0.2) is 15.8 Å². The van der Waals surface area contributed by atoms with Crippen LogP contribution in [0.5, 0.6) is 0 Å². The van der Waals surface area contributed by atoms with Crippen LogP contribution < -0.4 is 5.73 Å². The second kappa shape index (κ2) is 5.63. The Labute approximate surface area is 123 Å². The van der Waals surface area contributed by atoms with Crippen LogP contribution in [0.4, 0.5) is 0 Å². The number of nitrogens with zero attached hydrogens (tertiary/aromatic N) is 2. The molecule has 104 valence electrons. The number of aromatic nitrogens is 2. The van der Waals surface area contributed by atoms with Crippen LogP contribution in [0.25, 0.3) is 0 Å². The molecule has 0 aliphatic rings. The fourth-order valence-corrected chi connectivity index (χ4v) is 2.59. The van der Waals surface area contributed by atoms with Gasteiger partial charge in [-0.1, -0.05) is 44.7 Å². The van der Waals surface area contributed by atoms with Crippen molar-refractivity contribution in [3.63, 3.8) is 0 Å². The first-order valence-corrected chi connectivity index (χ1v) is 7.13. The van der Waals surface area contributed by atoms with Crippen LogP contribution in [0.15, 0.2) is 46.6 Å². The van der Waals surface area contributed by atoms with Gasteiger partial charge in [0.15, 0.2) is 0 Å². The maximum absolute atomic E-state index is 7.52. The zero-order valence-corrected chi connectivity index (χ0v) is 12.7. The number of nitrogens with two attached hydrogens (primary N) is 1. The maximum Gasteiger partial charge on any atom is 0.144 e. The van der Waals surface area contributed by atoms with Gasteiger partial charge in [-0.2, -0.15) is 0 Å². The monoisotopic (exact) mass is 286 g/mol. The van der Waals surface area contributed by atoms with Crippen molar-refractivity contribution in [2.75, 3.05) is 0 Å². The summed E-state index contributed by atoms with van der Waals surface area (Å²) in [5.74, 6) is -0.0630. The SMILES string of the molecule is CC(C)(C)c1ccc(Sc2nccnc2C(=N)N)cc1. The fourth-order valence-electron chi connectivity index (χ4n) is 1.72. The summed E-state index contributed by atoms with van der Waals surface area (Å²) in [5, 5.41) is 8.18. The molecular weight excluding hydrogens is 268 g/mol. The smallest absolute Gasteiger partial charge is 0.144 e. The molecule has 0 saturated carbocycles. The zero-order valence-electron chi connectivity index (χ0n) is 11.8. The summed E-state index contributed by atoms with van der Waals surface area (Å²) in [5.41, 5.74) is 7.37. The molecule has 1 aromatic heterocycles. The van der Waals surface area contributed by atoms with Gasteiger partial charge in [-0.05, 0) is 23.1 Å². The van der Waals surface area contributed by atoms with E-state index < -0.39 is 0 Å². The van der Waals surface area contributed by atoms with E-state index in [2.05, 4.69) is 55.0 Å². The molecule has 0 amide bonds. The summed E-state index contributed by atoms with van der Waals surface area (Å²) < 4.78 is 0. The Kier molecular flexibility index (Phi) is 4.09. The highest BCUT2D eigenvalue weighted by Gasteiger charge is 2.14. The maximum atomic E-state index is 7.52. The van der Waals surface area contributed by atoms with E-state index in [1.807, 2.05) is 0 Å². The van der Waals surface area contributed by atoms with Gasteiger partial charge in [-0.3, -0.25) is 5.41 Å². The highest BCUT2D eigenvalue weighted by molar-refractivity contribution is 7.99. The van der Waals surface area contributed by atoms with Crippen molar-refractivity contribution in [3.05, 3.63) is 47.9 Å². The van der Waals surface area contributed by atoms with E-state index in [-0.39, 0.29) is 11.3 Å². The van der Waals surface area contributed by atoms with E-state index >= 15 is 0 Å². The molecule has 3 N–H and O–H groups in total. The molecule has 0 saturated heterocycles. The molecule has 0 fully saturated rings. The summed E-state index contributed by atoms with van der Waals surface area (Å²) in [7, 11) is 0. The van der Waals surface area contributed by atoms with Crippen LogP contribution in [-0.2, 0) is 5.41 Å². The van der Waals surface area contributed by atoms with Gasteiger partial charge < -0.3 is 5.73 Å². The standard InChI is InChI=1S/C15H18N4S/c1-15(2,3)10-4-6-11(7-5-10)20-14-12(13(16)17)18-8-9-19-14/h4-9H,1-3H3,(H3,16,17). The van der Waals surface area contributed by atoms with Gasteiger partial charge in [-0.25, -0.2) is 9.97 Å². The normalized spacial score (nSPS) is 11.3. The predicted molar refractivity (Wildman–Crippen MR) is 82.3 cm³/mol. The summed E-state index contributed by atoms with van der Waals surface area (Å²) in [6.45, 7) is 6.56. The minimum Gasteiger partial charge on any atom is -0.382 e. The van der Waals surface area contributed by atoms with Crippen LogP contribution in [0.1, 0.15) is 32.0 Å². The Balaban J connectivity index is 2.25. The Morgan fingerprint density at radius 2 is 1.70 bits per heavy atom. The van der Waals surface area contributed by atoms with Crippen molar-refractivity contribution in [1.82, 2.24) is 9.97 Å². The molecule has 0 radical (unpaired) electrons. The molecule has 0 aliphatic heterocycles. The Hall–Kier alpha value is -1.88. The first-order valence-electron chi connectivity index (χ1n) is 6.32. The summed E-state index contributed by atoms with van der Waals surface area (Å²) in [6, 6.07) is 8.35. The lowest BCUT2D eigenvalue weighted by atomic mass is 9.87. The average Bonchev–Trinajstić information content (AvgIpc) is 2.38. The van der Waals surface area contributed by atoms with Crippen molar-refractivity contribution < 1.29 is 0 Å². The Bertz CT molecular complexity index is 615. The minimum atomic E-state index is -0.0630. The number of amidine groups is 1. The van der Waals surface area contributed by atoms with E-state index in [4.69, 9.17) is 11.1 Å². The van der Waals surface area contributed by atoms with Crippen molar-refractivity contribution in [2.45, 2.75) is 36.1 Å². The predicted octanol–water partition coefficient (Wildman–Crippen LogP) is 3.21. The van der Waals surface area contributed by atoms with Crippen molar-refractivity contribution in [3.8, 4) is 0 Å². The first kappa shape index (κ1) is 14.5. The van der Waals surface area contributed by atoms with Gasteiger partial charge >= 0.3 is 0 Å². The largest absolute Gasteiger partial charge is 0.382 e. The molecular formula is C15H18N4S. The molecule has 0 unspecified atom stereocenters. The minimum absolute atomic E-state index is 0.0630. The average molecular weight is 286 g/mol. The molecule has 1 heterocycles. The number of nitrogen functional groups attached to an aromatic ring is 1. The molecule has 20 heavy (non-hydrogen) atoms. The molecule has 2 aromatic rings. The third-order valence-electron chi connectivity index (χ3n) is 2.85. The number of benzene rings is 1. The topological polar surface area (TPSA) is 75.7 Å². The van der Waals surface area contributed by atoms with Crippen LogP contribution in [0.3, 0.4) is 0 Å². The second-order valence-electron chi connectivity index (χ2n) is 5.50. The first-order chi connectivity index (χ1) is 9.38. The van der Waals surface area contributed by atoms with Crippen LogP contribution in [0, 0.1) is 5.41 Å². The molecule has 5 heteroatoms. The third kappa shape index (κ3) is 3.36. The van der Waals surface area contributed by atoms with Gasteiger partial charge in [0.25, 0.3) is 0 Å². The summed E-state index contributed by atoms with van der Waals surface area (Å²) in [4.78, 5) is 9.40. The van der Waals surface area contributed by atoms with Gasteiger partial charge in [0.1, 0.15) is 16.6 Å². The number of nitrogens with one attached hydrogen (secondary N) is 1. The van der Waals surface area contributed by atoms with Crippen molar-refractivity contribution >= 4 is 17.6 Å². The van der Waals surface area contributed by atoms with E-state index in [1.165, 1.54) is 17.3 Å². The van der Waals surface area contributed by atoms with Crippen LogP contribution in [0.2, 0.25) is 0 Å². The molecule has 2 rings (SSSR count). The second-order valence-corrected chi connectivity index (χ2v) is 6.56. The highest BCUT2D eigenvalue weighted by Crippen LogP contribution is 2.30. The Morgan fingerprint density at radius 3 is 2.25 bits per heavy atom. The van der Waals surface area contributed by atoms with E-state index in [1.54, 1.807) is 12.4 Å². The molecule has 0 aliphatic carbocycles. The number of hydrogen-bond donors (Lipinski definition) is 2. The lowest BCUT2D eigenvalue weighted by Gasteiger charge is -2.19. The molecule has 4 nitrogen and oxygen atoms in total. The van der Waals surface area contributed by atoms with E-state index in [0.29, 0.717) is 10.7 Å². The highest BCUT2D eigenvalue weighted by atomic mass is 32.2. The zero-order chi connectivity index (χ0) is 14.8. The third-order valence-corrected chi connectivity index (χ3v) is 3.85. The van der Waals surface area contributed by atoms with Gasteiger partial charge in [0, 0.05) is 17.3 Å². The van der Waals surface area contributed by atoms with Crippen molar-refractivity contribution in [1.29, 1.82) is 5.41 Å². The Morgan fingerprint density at radius 1 is 1.10 bits per heavy atom. The van der Waals surface area contributed by atoms with Crippen molar-refractivity contribution in [2.24, 2.45) is 5.73 Å². The lowest BCUT2D eigenvalue weighted by molar-refractivity contribution is 0.590. The van der Waals surface area contributed by atoms with Gasteiger partial charge in [0.2, 0.25) is 0 Å². The quantitative estimate of drug-likeness (QED) is 0.671. The molecule has 1 aromatic carbocycles. The summed E-state index contributed by atoms with van der Waals surface area (Å²) in [6.07, 6.45) is 3.15. The van der Waals surface area contributed by atoms with E-state index in [0.717, 1.165) is 4.90 Å². The summed E-state index contributed by atoms with van der Waals surface area (Å²) >= 11 is 1.47. The van der Waals surface area contributed by atoms with E-state index in [9.17, 15) is 0 Å². The van der Waals surface area contributed by atoms with Gasteiger partial charge in [-0.15, -0.1) is 0 Å². The van der Waals surface area contributed by atoms with Gasteiger partial charge in [0.05, 0.1) is 0 Å². The number of rotatable bonds is 3. The fraction of sp³-hybridized carbons (Fsp3) is 0.267. The molecule has 0 atom stereocenters. The number of hydrogen-bond acceptors (Lipinski definition) is 4. The molecule has 0 bridgehead atoms. The molecule has 0 spiro atoms. The van der Waals surface area contributed by atoms with Crippen LogP contribution >= 0.6 is 11.8 Å². The lowest BCUT2D eigenvalue weighted by Crippen LogP contribution is -2.15.